The van der Waals surface area contributed by atoms with Gasteiger partial charge in [-0.25, -0.2) is 0 Å². The molecule has 0 aliphatic carbocycles. The van der Waals surface area contributed by atoms with E-state index in [-0.39, 0.29) is 12.5 Å². The van der Waals surface area contributed by atoms with Crippen molar-refractivity contribution in [3.05, 3.63) is 29.8 Å². The molecule has 1 aliphatic heterocycles. The third-order valence-electron chi connectivity index (χ3n) is 2.89. The molecule has 0 saturated carbocycles. The smallest absolute Gasteiger partial charge is 0.241 e. The molecular weight excluding hydrogens is 192 g/mol. The molecule has 1 amide bonds. The van der Waals surface area contributed by atoms with E-state index in [1.165, 1.54) is 0 Å². The highest BCUT2D eigenvalue weighted by atomic mass is 16.5. The van der Waals surface area contributed by atoms with Crippen LogP contribution in [0.2, 0.25) is 0 Å². The predicted octanol–water partition coefficient (Wildman–Crippen LogP) is 0.0650. The summed E-state index contributed by atoms with van der Waals surface area (Å²) >= 11 is 0. The van der Waals surface area contributed by atoms with Crippen LogP contribution in [-0.2, 0) is 11.2 Å². The first-order valence-electron chi connectivity index (χ1n) is 4.87. The number of fused-ring (bicyclic) bond motifs is 1. The van der Waals surface area contributed by atoms with Crippen LogP contribution in [0.25, 0.3) is 0 Å². The number of hydrogen-bond donors (Lipinski definition) is 2. The van der Waals surface area contributed by atoms with E-state index in [1.807, 2.05) is 24.3 Å². The Morgan fingerprint density at radius 3 is 2.93 bits per heavy atom. The van der Waals surface area contributed by atoms with Crippen molar-refractivity contribution in [1.29, 1.82) is 0 Å². The molecule has 1 atom stereocenters. The van der Waals surface area contributed by atoms with Crippen LogP contribution in [0, 0.1) is 0 Å². The highest BCUT2D eigenvalue weighted by Gasteiger charge is 2.39. The van der Waals surface area contributed by atoms with E-state index < -0.39 is 5.54 Å². The monoisotopic (exact) mass is 206 g/mol. The molecule has 0 radical (unpaired) electrons. The lowest BCUT2D eigenvalue weighted by Gasteiger charge is -2.34. The first-order chi connectivity index (χ1) is 7.18. The minimum atomic E-state index is -0.769. The second kappa shape index (κ2) is 3.55. The van der Waals surface area contributed by atoms with Crippen molar-refractivity contribution in [2.45, 2.75) is 12.0 Å². The summed E-state index contributed by atoms with van der Waals surface area (Å²) in [6.07, 6.45) is 0.578. The first kappa shape index (κ1) is 9.98. The quantitative estimate of drug-likeness (QED) is 0.719. The summed E-state index contributed by atoms with van der Waals surface area (Å²) in [6.45, 7) is 0.288. The van der Waals surface area contributed by atoms with Crippen molar-refractivity contribution in [1.82, 2.24) is 5.32 Å². The lowest BCUT2D eigenvalue weighted by molar-refractivity contribution is -0.125. The zero-order valence-electron chi connectivity index (χ0n) is 8.62. The number of ether oxygens (including phenoxy) is 1. The second-order valence-corrected chi connectivity index (χ2v) is 3.77. The molecule has 0 spiro atoms. The summed E-state index contributed by atoms with van der Waals surface area (Å²) < 4.78 is 5.53. The fraction of sp³-hybridized carbons (Fsp3) is 0.364. The summed E-state index contributed by atoms with van der Waals surface area (Å²) in [4.78, 5) is 11.4. The third-order valence-corrected chi connectivity index (χ3v) is 2.89. The van der Waals surface area contributed by atoms with Crippen molar-refractivity contribution in [3.63, 3.8) is 0 Å². The molecule has 0 saturated heterocycles. The molecular formula is C11H14N2O2. The molecule has 1 aromatic carbocycles. The molecule has 0 aromatic heterocycles. The maximum Gasteiger partial charge on any atom is 0.241 e. The van der Waals surface area contributed by atoms with E-state index >= 15 is 0 Å². The number of rotatable bonds is 2. The molecule has 1 unspecified atom stereocenters. The van der Waals surface area contributed by atoms with Gasteiger partial charge < -0.3 is 15.8 Å². The molecule has 0 bridgehead atoms. The lowest BCUT2D eigenvalue weighted by Crippen LogP contribution is -2.60. The number of para-hydroxylation sites is 1. The van der Waals surface area contributed by atoms with Gasteiger partial charge in [0.2, 0.25) is 5.91 Å². The zero-order valence-corrected chi connectivity index (χ0v) is 8.62. The molecule has 1 aromatic rings. The normalized spacial score (nSPS) is 24.1. The van der Waals surface area contributed by atoms with Gasteiger partial charge in [0.15, 0.2) is 0 Å². The number of likely N-dealkylation sites (N-methyl/N-ethyl adjacent to an activating group) is 1. The molecule has 4 heteroatoms. The van der Waals surface area contributed by atoms with Crippen molar-refractivity contribution in [3.8, 4) is 5.75 Å². The van der Waals surface area contributed by atoms with Crippen LogP contribution in [-0.4, -0.2) is 25.1 Å². The van der Waals surface area contributed by atoms with E-state index in [0.717, 1.165) is 11.3 Å². The van der Waals surface area contributed by atoms with Crippen molar-refractivity contribution in [2.24, 2.45) is 5.73 Å². The molecule has 4 nitrogen and oxygen atoms in total. The maximum absolute atomic E-state index is 11.4. The highest BCUT2D eigenvalue weighted by molar-refractivity contribution is 5.85. The highest BCUT2D eigenvalue weighted by Crippen LogP contribution is 2.28. The van der Waals surface area contributed by atoms with E-state index in [9.17, 15) is 4.79 Å². The van der Waals surface area contributed by atoms with E-state index in [4.69, 9.17) is 10.5 Å². The average Bonchev–Trinajstić information content (AvgIpc) is 2.28. The Hall–Kier alpha value is -1.55. The van der Waals surface area contributed by atoms with Gasteiger partial charge in [-0.2, -0.15) is 0 Å². The van der Waals surface area contributed by atoms with Gasteiger partial charge in [0, 0.05) is 6.42 Å². The minimum absolute atomic E-state index is 0.288. The third kappa shape index (κ3) is 1.57. The SMILES string of the molecule is CNC1(C(N)=O)COc2ccccc2C1. The maximum atomic E-state index is 11.4. The van der Waals surface area contributed by atoms with Crippen LogP contribution in [0.1, 0.15) is 5.56 Å². The summed E-state index contributed by atoms with van der Waals surface area (Å²) in [6, 6.07) is 7.68. The second-order valence-electron chi connectivity index (χ2n) is 3.77. The Morgan fingerprint density at radius 1 is 1.53 bits per heavy atom. The first-order valence-corrected chi connectivity index (χ1v) is 4.87. The van der Waals surface area contributed by atoms with Crippen LogP contribution in [0.5, 0.6) is 5.75 Å². The number of nitrogens with one attached hydrogen (secondary N) is 1. The van der Waals surface area contributed by atoms with Crippen LogP contribution >= 0.6 is 0 Å². The molecule has 1 aliphatic rings. The largest absolute Gasteiger partial charge is 0.491 e. The van der Waals surface area contributed by atoms with Crippen LogP contribution in [0.3, 0.4) is 0 Å². The molecule has 15 heavy (non-hydrogen) atoms. The Morgan fingerprint density at radius 2 is 2.27 bits per heavy atom. The molecule has 80 valence electrons. The lowest BCUT2D eigenvalue weighted by atomic mass is 9.88. The molecule has 1 heterocycles. The fourth-order valence-corrected chi connectivity index (χ4v) is 1.81. The van der Waals surface area contributed by atoms with Gasteiger partial charge in [-0.3, -0.25) is 4.79 Å². The van der Waals surface area contributed by atoms with E-state index in [2.05, 4.69) is 5.32 Å². The Kier molecular flexibility index (Phi) is 2.36. The number of carbonyl (C=O) groups is 1. The van der Waals surface area contributed by atoms with Crippen molar-refractivity contribution in [2.75, 3.05) is 13.7 Å². The van der Waals surface area contributed by atoms with Crippen LogP contribution in [0.4, 0.5) is 0 Å². The van der Waals surface area contributed by atoms with Gasteiger partial charge in [-0.05, 0) is 18.7 Å². The molecule has 2 rings (SSSR count). The average molecular weight is 206 g/mol. The number of benzene rings is 1. The molecule has 0 fully saturated rings. The predicted molar refractivity (Wildman–Crippen MR) is 56.6 cm³/mol. The Labute approximate surface area is 88.4 Å². The number of primary amides is 1. The standard InChI is InChI=1S/C11H14N2O2/c1-13-11(10(12)14)6-8-4-2-3-5-9(8)15-7-11/h2-5,13H,6-7H2,1H3,(H2,12,14). The minimum Gasteiger partial charge on any atom is -0.491 e. The van der Waals surface area contributed by atoms with Gasteiger partial charge in [-0.1, -0.05) is 18.2 Å². The fourth-order valence-electron chi connectivity index (χ4n) is 1.81. The summed E-state index contributed by atoms with van der Waals surface area (Å²) in [5.74, 6) is 0.462. The zero-order chi connectivity index (χ0) is 10.9. The van der Waals surface area contributed by atoms with Gasteiger partial charge in [0.1, 0.15) is 17.9 Å². The van der Waals surface area contributed by atoms with Gasteiger partial charge in [-0.15, -0.1) is 0 Å². The van der Waals surface area contributed by atoms with E-state index in [0.29, 0.717) is 6.42 Å². The summed E-state index contributed by atoms with van der Waals surface area (Å²) in [5.41, 5.74) is 5.63. The van der Waals surface area contributed by atoms with Gasteiger partial charge >= 0.3 is 0 Å². The number of nitrogens with two attached hydrogens (primary N) is 1. The van der Waals surface area contributed by atoms with Crippen LogP contribution in [0.15, 0.2) is 24.3 Å². The van der Waals surface area contributed by atoms with E-state index in [1.54, 1.807) is 7.05 Å². The topological polar surface area (TPSA) is 64.3 Å². The van der Waals surface area contributed by atoms with Crippen molar-refractivity contribution < 1.29 is 9.53 Å². The number of hydrogen-bond acceptors (Lipinski definition) is 3. The van der Waals surface area contributed by atoms with Gasteiger partial charge in [0.05, 0.1) is 0 Å². The number of carbonyl (C=O) groups excluding carboxylic acids is 1. The molecule has 3 N–H and O–H groups in total. The Bertz CT molecular complexity index is 392. The van der Waals surface area contributed by atoms with Gasteiger partial charge in [0.25, 0.3) is 0 Å². The summed E-state index contributed by atoms with van der Waals surface area (Å²) in [5, 5.41) is 2.96. The van der Waals surface area contributed by atoms with Crippen LogP contribution < -0.4 is 15.8 Å². The number of amides is 1. The Balaban J connectivity index is 2.35. The van der Waals surface area contributed by atoms with Crippen molar-refractivity contribution >= 4 is 5.91 Å². The summed E-state index contributed by atoms with van der Waals surface area (Å²) in [7, 11) is 1.72.